The molecule has 0 N–H and O–H groups in total. The van der Waals surface area contributed by atoms with E-state index in [9.17, 15) is 8.78 Å². The maximum Gasteiger partial charge on any atom is 0.142 e. The van der Waals surface area contributed by atoms with Crippen molar-refractivity contribution in [1.82, 2.24) is 0 Å². The van der Waals surface area contributed by atoms with E-state index in [4.69, 9.17) is 23.2 Å². The van der Waals surface area contributed by atoms with Crippen LogP contribution in [0.2, 0.25) is 10.0 Å². The lowest BCUT2D eigenvalue weighted by Crippen LogP contribution is -1.93. The number of hydrogen-bond donors (Lipinski definition) is 0. The van der Waals surface area contributed by atoms with Gasteiger partial charge in [0, 0.05) is 19.6 Å². The second kappa shape index (κ2) is 4.60. The highest BCUT2D eigenvalue weighted by atomic mass is 35.5. The van der Waals surface area contributed by atoms with Gasteiger partial charge in [-0.25, -0.2) is 8.78 Å². The molecule has 0 radical (unpaired) electrons. The molecule has 1 aliphatic rings. The summed E-state index contributed by atoms with van der Waals surface area (Å²) in [5.74, 6) is -0.916. The van der Waals surface area contributed by atoms with Crippen LogP contribution in [-0.4, -0.2) is 0 Å². The molecule has 0 aromatic heterocycles. The van der Waals surface area contributed by atoms with Gasteiger partial charge in [0.2, 0.25) is 0 Å². The lowest BCUT2D eigenvalue weighted by Gasteiger charge is -2.19. The molecule has 2 aromatic carbocycles. The molecule has 0 unspecified atom stereocenters. The Kier molecular flexibility index (Phi) is 3.22. The first-order valence-corrected chi connectivity index (χ1v) is 7.27. The van der Waals surface area contributed by atoms with Crippen LogP contribution >= 0.6 is 46.7 Å². The van der Waals surface area contributed by atoms with E-state index in [1.807, 2.05) is 0 Å². The molecule has 0 fully saturated rings. The van der Waals surface area contributed by atoms with Gasteiger partial charge in [-0.3, -0.25) is 0 Å². The standard InChI is InChI=1S/C12H4Cl2F2S2/c13-5-1-9-11(3-7(5)15)18-10-2-6(14)8(16)4-12(10)17-9/h1-4H. The van der Waals surface area contributed by atoms with E-state index in [0.29, 0.717) is 0 Å². The molecule has 0 spiro atoms. The zero-order valence-corrected chi connectivity index (χ0v) is 11.8. The topological polar surface area (TPSA) is 0 Å². The van der Waals surface area contributed by atoms with Crippen molar-refractivity contribution in [1.29, 1.82) is 0 Å². The number of benzene rings is 2. The molecule has 3 rings (SSSR count). The van der Waals surface area contributed by atoms with Crippen LogP contribution < -0.4 is 0 Å². The Labute approximate surface area is 121 Å². The summed E-state index contributed by atoms with van der Waals surface area (Å²) >= 11 is 14.2. The van der Waals surface area contributed by atoms with Gasteiger partial charge >= 0.3 is 0 Å². The van der Waals surface area contributed by atoms with Gasteiger partial charge in [-0.1, -0.05) is 46.7 Å². The predicted molar refractivity (Wildman–Crippen MR) is 71.1 cm³/mol. The molecule has 6 heteroatoms. The summed E-state index contributed by atoms with van der Waals surface area (Å²) in [7, 11) is 0. The Morgan fingerprint density at radius 2 is 1.00 bits per heavy atom. The third-order valence-corrected chi connectivity index (χ3v) is 5.48. The molecule has 0 saturated heterocycles. The molecule has 1 aliphatic heterocycles. The van der Waals surface area contributed by atoms with Crippen molar-refractivity contribution in [3.8, 4) is 0 Å². The second-order valence-corrected chi connectivity index (χ2v) is 6.61. The molecule has 0 amide bonds. The van der Waals surface area contributed by atoms with Crippen LogP contribution in [0, 0.1) is 11.6 Å². The van der Waals surface area contributed by atoms with Crippen LogP contribution in [0.1, 0.15) is 0 Å². The van der Waals surface area contributed by atoms with Crippen LogP contribution in [0.4, 0.5) is 8.78 Å². The quantitative estimate of drug-likeness (QED) is 0.506. The molecule has 2 aromatic rings. The van der Waals surface area contributed by atoms with E-state index in [1.165, 1.54) is 35.7 Å². The van der Waals surface area contributed by atoms with Crippen molar-refractivity contribution in [3.63, 3.8) is 0 Å². The van der Waals surface area contributed by atoms with Crippen molar-refractivity contribution >= 4 is 46.7 Å². The van der Waals surface area contributed by atoms with Crippen LogP contribution in [0.15, 0.2) is 43.8 Å². The van der Waals surface area contributed by atoms with Gasteiger partial charge in [-0.2, -0.15) is 0 Å². The summed E-state index contributed by atoms with van der Waals surface area (Å²) in [5.41, 5.74) is 0. The lowest BCUT2D eigenvalue weighted by atomic mass is 10.3. The van der Waals surface area contributed by atoms with Gasteiger partial charge in [-0.05, 0) is 24.3 Å². The minimum Gasteiger partial charge on any atom is -0.205 e. The predicted octanol–water partition coefficient (Wildman–Crippen LogP) is 5.89. The summed E-state index contributed by atoms with van der Waals surface area (Å²) in [6, 6.07) is 5.88. The average molecular weight is 321 g/mol. The molecule has 0 aliphatic carbocycles. The molecular weight excluding hydrogens is 317 g/mol. The summed E-state index contributed by atoms with van der Waals surface area (Å²) in [5, 5.41) is 0.138. The summed E-state index contributed by atoms with van der Waals surface area (Å²) < 4.78 is 26.8. The van der Waals surface area contributed by atoms with Gasteiger partial charge in [0.1, 0.15) is 11.6 Å². The lowest BCUT2D eigenvalue weighted by molar-refractivity contribution is 0.620. The van der Waals surface area contributed by atoms with Crippen molar-refractivity contribution in [2.24, 2.45) is 0 Å². The van der Waals surface area contributed by atoms with Crippen molar-refractivity contribution in [2.75, 3.05) is 0 Å². The summed E-state index contributed by atoms with van der Waals surface area (Å²) in [6.07, 6.45) is 0. The highest BCUT2D eigenvalue weighted by molar-refractivity contribution is 8.05. The maximum absolute atomic E-state index is 13.4. The Hall–Kier alpha value is -0.420. The van der Waals surface area contributed by atoms with Crippen LogP contribution in [0.3, 0.4) is 0 Å². The Morgan fingerprint density at radius 3 is 1.39 bits per heavy atom. The first-order valence-electron chi connectivity index (χ1n) is 4.88. The smallest absolute Gasteiger partial charge is 0.142 e. The SMILES string of the molecule is Fc1cc2c(cc1Cl)Sc1cc(F)c(Cl)cc1S2. The van der Waals surface area contributed by atoms with Crippen LogP contribution in [0.5, 0.6) is 0 Å². The minimum atomic E-state index is -0.458. The summed E-state index contributed by atoms with van der Waals surface area (Å²) in [4.78, 5) is 3.16. The molecule has 1 heterocycles. The van der Waals surface area contributed by atoms with Gasteiger partial charge in [0.05, 0.1) is 10.0 Å². The van der Waals surface area contributed by atoms with Gasteiger partial charge in [0.15, 0.2) is 0 Å². The van der Waals surface area contributed by atoms with Crippen LogP contribution in [0.25, 0.3) is 0 Å². The van der Waals surface area contributed by atoms with E-state index < -0.39 is 11.6 Å². The van der Waals surface area contributed by atoms with E-state index >= 15 is 0 Å². The first-order chi connectivity index (χ1) is 8.54. The zero-order chi connectivity index (χ0) is 12.9. The normalized spacial score (nSPS) is 13.1. The third kappa shape index (κ3) is 2.11. The van der Waals surface area contributed by atoms with Crippen molar-refractivity contribution in [3.05, 3.63) is 45.9 Å². The molecule has 92 valence electrons. The van der Waals surface area contributed by atoms with Crippen LogP contribution in [-0.2, 0) is 0 Å². The van der Waals surface area contributed by atoms with Gasteiger partial charge in [0.25, 0.3) is 0 Å². The Bertz CT molecular complexity index is 548. The fraction of sp³-hybridized carbons (Fsp3) is 0. The Balaban J connectivity index is 2.12. The fourth-order valence-corrected chi connectivity index (χ4v) is 4.32. The Morgan fingerprint density at radius 1 is 0.667 bits per heavy atom. The monoisotopic (exact) mass is 320 g/mol. The third-order valence-electron chi connectivity index (χ3n) is 2.41. The van der Waals surface area contributed by atoms with E-state index in [1.54, 1.807) is 12.1 Å². The highest BCUT2D eigenvalue weighted by Gasteiger charge is 2.20. The number of halogens is 4. The first kappa shape index (κ1) is 12.6. The molecular formula is C12H4Cl2F2S2. The zero-order valence-electron chi connectivity index (χ0n) is 8.64. The highest BCUT2D eigenvalue weighted by Crippen LogP contribution is 2.50. The van der Waals surface area contributed by atoms with E-state index in [2.05, 4.69) is 0 Å². The molecule has 0 bridgehead atoms. The number of rotatable bonds is 0. The largest absolute Gasteiger partial charge is 0.205 e. The number of hydrogen-bond acceptors (Lipinski definition) is 2. The average Bonchev–Trinajstić information content (AvgIpc) is 2.31. The van der Waals surface area contributed by atoms with Crippen molar-refractivity contribution in [2.45, 2.75) is 19.6 Å². The van der Waals surface area contributed by atoms with E-state index in [-0.39, 0.29) is 10.0 Å². The summed E-state index contributed by atoms with van der Waals surface area (Å²) in [6.45, 7) is 0. The molecule has 0 saturated carbocycles. The molecule has 0 atom stereocenters. The van der Waals surface area contributed by atoms with E-state index in [0.717, 1.165) is 19.6 Å². The van der Waals surface area contributed by atoms with Gasteiger partial charge in [-0.15, -0.1) is 0 Å². The fourth-order valence-electron chi connectivity index (χ4n) is 1.58. The maximum atomic E-state index is 13.4. The van der Waals surface area contributed by atoms with Gasteiger partial charge < -0.3 is 0 Å². The minimum absolute atomic E-state index is 0.0692. The molecule has 0 nitrogen and oxygen atoms in total. The number of fused-ring (bicyclic) bond motifs is 2. The second-order valence-electron chi connectivity index (χ2n) is 3.63. The molecule has 18 heavy (non-hydrogen) atoms. The van der Waals surface area contributed by atoms with Crippen molar-refractivity contribution < 1.29 is 8.78 Å².